The van der Waals surface area contributed by atoms with Crippen LogP contribution in [0.2, 0.25) is 0 Å². The fourth-order valence-corrected chi connectivity index (χ4v) is 2.43. The fourth-order valence-electron chi connectivity index (χ4n) is 2.43. The summed E-state index contributed by atoms with van der Waals surface area (Å²) < 4.78 is 0. The second kappa shape index (κ2) is 4.47. The summed E-state index contributed by atoms with van der Waals surface area (Å²) in [6.07, 6.45) is 5.06. The van der Waals surface area contributed by atoms with E-state index in [4.69, 9.17) is 0 Å². The minimum Gasteiger partial charge on any atom is -0.355 e. The first kappa shape index (κ1) is 10.2. The van der Waals surface area contributed by atoms with Gasteiger partial charge in [0.15, 0.2) is 0 Å². The highest BCUT2D eigenvalue weighted by atomic mass is 16.1. The van der Waals surface area contributed by atoms with E-state index in [9.17, 15) is 4.79 Å². The van der Waals surface area contributed by atoms with Crippen LogP contribution in [0.15, 0.2) is 24.3 Å². The molecule has 0 atom stereocenters. The lowest BCUT2D eigenvalue weighted by Crippen LogP contribution is -2.20. The summed E-state index contributed by atoms with van der Waals surface area (Å²) >= 11 is 0. The normalized spacial score (nSPS) is 16.6. The molecule has 0 aliphatic heterocycles. The Morgan fingerprint density at radius 1 is 1.27 bits per heavy atom. The molecule has 80 valence electrons. The molecule has 1 aromatic rings. The number of hydrogen-bond acceptors (Lipinski definition) is 1. The van der Waals surface area contributed by atoms with Crippen LogP contribution in [-0.2, 0) is 0 Å². The average molecular weight is 203 g/mol. The van der Waals surface area contributed by atoms with Crippen molar-refractivity contribution >= 4 is 5.91 Å². The molecule has 0 saturated heterocycles. The van der Waals surface area contributed by atoms with E-state index in [1.165, 1.54) is 31.2 Å². The number of hydrogen-bond donors (Lipinski definition) is 1. The van der Waals surface area contributed by atoms with Gasteiger partial charge in [-0.15, -0.1) is 0 Å². The van der Waals surface area contributed by atoms with Crippen molar-refractivity contribution in [2.24, 2.45) is 0 Å². The Kier molecular flexibility index (Phi) is 3.05. The molecule has 1 aromatic carbocycles. The lowest BCUT2D eigenvalue weighted by molar-refractivity contribution is 0.0961. The van der Waals surface area contributed by atoms with Crippen LogP contribution >= 0.6 is 0 Å². The van der Waals surface area contributed by atoms with Gasteiger partial charge >= 0.3 is 0 Å². The van der Waals surface area contributed by atoms with Crippen LogP contribution in [0.3, 0.4) is 0 Å². The maximum absolute atomic E-state index is 11.7. The zero-order valence-electron chi connectivity index (χ0n) is 9.12. The maximum atomic E-state index is 11.7. The predicted octanol–water partition coefficient (Wildman–Crippen LogP) is 2.70. The van der Waals surface area contributed by atoms with Crippen molar-refractivity contribution < 1.29 is 4.79 Å². The van der Waals surface area contributed by atoms with Crippen molar-refractivity contribution in [2.45, 2.75) is 31.6 Å². The summed E-state index contributed by atoms with van der Waals surface area (Å²) in [6, 6.07) is 7.98. The molecule has 2 rings (SSSR count). The molecule has 15 heavy (non-hydrogen) atoms. The van der Waals surface area contributed by atoms with Gasteiger partial charge in [-0.3, -0.25) is 4.79 Å². The van der Waals surface area contributed by atoms with E-state index in [1.807, 2.05) is 18.2 Å². The van der Waals surface area contributed by atoms with E-state index < -0.39 is 0 Å². The van der Waals surface area contributed by atoms with Gasteiger partial charge in [0.2, 0.25) is 0 Å². The molecule has 1 aliphatic rings. The Hall–Kier alpha value is -1.31. The summed E-state index contributed by atoms with van der Waals surface area (Å²) in [7, 11) is 1.69. The second-order valence-electron chi connectivity index (χ2n) is 4.15. The SMILES string of the molecule is CNC(=O)c1ccccc1C1CCCC1. The van der Waals surface area contributed by atoms with Gasteiger partial charge in [0, 0.05) is 12.6 Å². The maximum Gasteiger partial charge on any atom is 0.251 e. The third-order valence-electron chi connectivity index (χ3n) is 3.23. The van der Waals surface area contributed by atoms with Crippen molar-refractivity contribution in [1.29, 1.82) is 0 Å². The predicted molar refractivity (Wildman–Crippen MR) is 61.0 cm³/mol. The summed E-state index contributed by atoms with van der Waals surface area (Å²) in [5, 5.41) is 2.71. The first-order valence-corrected chi connectivity index (χ1v) is 5.64. The highest BCUT2D eigenvalue weighted by molar-refractivity contribution is 5.95. The third kappa shape index (κ3) is 2.04. The van der Waals surface area contributed by atoms with E-state index in [0.29, 0.717) is 5.92 Å². The van der Waals surface area contributed by atoms with Gasteiger partial charge in [0.25, 0.3) is 5.91 Å². The lowest BCUT2D eigenvalue weighted by Gasteiger charge is -2.13. The van der Waals surface area contributed by atoms with E-state index >= 15 is 0 Å². The highest BCUT2D eigenvalue weighted by Gasteiger charge is 2.21. The Morgan fingerprint density at radius 3 is 2.60 bits per heavy atom. The van der Waals surface area contributed by atoms with E-state index in [-0.39, 0.29) is 5.91 Å². The molecule has 0 radical (unpaired) electrons. The molecular weight excluding hydrogens is 186 g/mol. The van der Waals surface area contributed by atoms with Crippen LogP contribution in [0.1, 0.15) is 47.5 Å². The third-order valence-corrected chi connectivity index (χ3v) is 3.23. The molecule has 0 heterocycles. The highest BCUT2D eigenvalue weighted by Crippen LogP contribution is 2.35. The minimum absolute atomic E-state index is 0.0394. The van der Waals surface area contributed by atoms with Crippen molar-refractivity contribution in [2.75, 3.05) is 7.05 Å². The molecule has 1 fully saturated rings. The van der Waals surface area contributed by atoms with Crippen molar-refractivity contribution in [3.8, 4) is 0 Å². The average Bonchev–Trinajstić information content (AvgIpc) is 2.81. The minimum atomic E-state index is 0.0394. The number of rotatable bonds is 2. The van der Waals surface area contributed by atoms with Crippen LogP contribution in [0, 0.1) is 0 Å². The first-order valence-electron chi connectivity index (χ1n) is 5.64. The lowest BCUT2D eigenvalue weighted by atomic mass is 9.92. The van der Waals surface area contributed by atoms with Crippen LogP contribution in [0.25, 0.3) is 0 Å². The molecule has 1 N–H and O–H groups in total. The zero-order chi connectivity index (χ0) is 10.7. The van der Waals surface area contributed by atoms with Crippen molar-refractivity contribution in [1.82, 2.24) is 5.32 Å². The van der Waals surface area contributed by atoms with Gasteiger partial charge in [-0.05, 0) is 30.4 Å². The van der Waals surface area contributed by atoms with Crippen molar-refractivity contribution in [3.63, 3.8) is 0 Å². The molecule has 0 bridgehead atoms. The summed E-state index contributed by atoms with van der Waals surface area (Å²) in [5.41, 5.74) is 2.08. The molecule has 1 amide bonds. The van der Waals surface area contributed by atoms with Gasteiger partial charge in [-0.2, -0.15) is 0 Å². The molecule has 0 unspecified atom stereocenters. The molecule has 2 nitrogen and oxygen atoms in total. The molecule has 2 heteroatoms. The number of carbonyl (C=O) groups is 1. The fraction of sp³-hybridized carbons (Fsp3) is 0.462. The first-order chi connectivity index (χ1) is 7.33. The Morgan fingerprint density at radius 2 is 1.93 bits per heavy atom. The Bertz CT molecular complexity index is 353. The largest absolute Gasteiger partial charge is 0.355 e. The number of carbonyl (C=O) groups excluding carboxylic acids is 1. The summed E-state index contributed by atoms with van der Waals surface area (Å²) in [6.45, 7) is 0. The topological polar surface area (TPSA) is 29.1 Å². The van der Waals surface area contributed by atoms with Crippen LogP contribution in [0.4, 0.5) is 0 Å². The van der Waals surface area contributed by atoms with Gasteiger partial charge in [0.05, 0.1) is 0 Å². The molecule has 0 aromatic heterocycles. The Balaban J connectivity index is 2.32. The van der Waals surface area contributed by atoms with Crippen LogP contribution in [0.5, 0.6) is 0 Å². The Labute approximate surface area is 90.7 Å². The van der Waals surface area contributed by atoms with Gasteiger partial charge < -0.3 is 5.32 Å². The molecule has 1 saturated carbocycles. The number of nitrogens with one attached hydrogen (secondary N) is 1. The zero-order valence-corrected chi connectivity index (χ0v) is 9.12. The van der Waals surface area contributed by atoms with Crippen LogP contribution < -0.4 is 5.32 Å². The molecule has 0 spiro atoms. The van der Waals surface area contributed by atoms with Crippen LogP contribution in [-0.4, -0.2) is 13.0 Å². The van der Waals surface area contributed by atoms with Crippen molar-refractivity contribution in [3.05, 3.63) is 35.4 Å². The molecule has 1 aliphatic carbocycles. The van der Waals surface area contributed by atoms with Gasteiger partial charge in [-0.25, -0.2) is 0 Å². The quantitative estimate of drug-likeness (QED) is 0.786. The van der Waals surface area contributed by atoms with Gasteiger partial charge in [0.1, 0.15) is 0 Å². The number of amides is 1. The monoisotopic (exact) mass is 203 g/mol. The standard InChI is InChI=1S/C13H17NO/c1-14-13(15)12-9-5-4-8-11(12)10-6-2-3-7-10/h4-5,8-10H,2-3,6-7H2,1H3,(H,14,15). The summed E-state index contributed by atoms with van der Waals surface area (Å²) in [4.78, 5) is 11.7. The summed E-state index contributed by atoms with van der Waals surface area (Å²) in [5.74, 6) is 0.635. The van der Waals surface area contributed by atoms with E-state index in [1.54, 1.807) is 7.05 Å². The van der Waals surface area contributed by atoms with Gasteiger partial charge in [-0.1, -0.05) is 31.0 Å². The smallest absolute Gasteiger partial charge is 0.251 e. The van der Waals surface area contributed by atoms with E-state index in [0.717, 1.165) is 5.56 Å². The number of benzene rings is 1. The van der Waals surface area contributed by atoms with E-state index in [2.05, 4.69) is 11.4 Å². The molecular formula is C13H17NO. The second-order valence-corrected chi connectivity index (χ2v) is 4.15.